The molecule has 0 unspecified atom stereocenters. The van der Waals surface area contributed by atoms with Crippen molar-refractivity contribution in [3.8, 4) is 12.4 Å². The van der Waals surface area contributed by atoms with Crippen molar-refractivity contribution in [2.24, 2.45) is 9.98 Å². The zero-order valence-corrected chi connectivity index (χ0v) is 13.9. The largest absolute Gasteiger partial charge is 0.207 e. The monoisotopic (exact) mass is 380 g/mol. The summed E-state index contributed by atoms with van der Waals surface area (Å²) in [6, 6.07) is 5.43. The molecule has 8 heteroatoms. The number of aliphatic imine (C=N–C) groups is 2. The highest BCUT2D eigenvalue weighted by atomic mass is 19.1. The molecule has 0 atom stereocenters. The van der Waals surface area contributed by atoms with Crippen molar-refractivity contribution in [3.63, 3.8) is 0 Å². The molecule has 1 aliphatic carbocycles. The van der Waals surface area contributed by atoms with Crippen LogP contribution >= 0.6 is 0 Å². The lowest BCUT2D eigenvalue weighted by molar-refractivity contribution is 0.582. The minimum atomic E-state index is -0.854. The molecule has 0 N–H and O–H groups in total. The summed E-state index contributed by atoms with van der Waals surface area (Å²) in [6.07, 6.45) is 5.68. The first kappa shape index (κ1) is 18.7. The third-order valence-corrected chi connectivity index (χ3v) is 3.80. The molecule has 0 aromatic heterocycles. The fourth-order valence-corrected chi connectivity index (χ4v) is 2.75. The Morgan fingerprint density at radius 1 is 0.571 bits per heavy atom. The van der Waals surface area contributed by atoms with Gasteiger partial charge in [0.15, 0.2) is 0 Å². The van der Waals surface area contributed by atoms with Crippen molar-refractivity contribution in [1.82, 2.24) is 0 Å². The number of hydrogen-bond donors (Lipinski definition) is 0. The normalized spacial score (nSPS) is 16.4. The first-order valence-electron chi connectivity index (χ1n) is 7.72. The van der Waals surface area contributed by atoms with Crippen LogP contribution in [0.5, 0.6) is 0 Å². The number of hydrogen-bond acceptors (Lipinski definition) is 4. The number of nitrogens with zero attached hydrogens (tertiary/aromatic N) is 4. The van der Waals surface area contributed by atoms with Crippen LogP contribution in [0.4, 0.5) is 17.6 Å². The third kappa shape index (κ3) is 3.87. The maximum Gasteiger partial charge on any atom is 0.206 e. The van der Waals surface area contributed by atoms with Crippen molar-refractivity contribution in [2.45, 2.75) is 0 Å². The van der Waals surface area contributed by atoms with E-state index in [-0.39, 0.29) is 33.7 Å². The second-order valence-electron chi connectivity index (χ2n) is 5.63. The zero-order chi connectivity index (χ0) is 20.3. The summed E-state index contributed by atoms with van der Waals surface area (Å²) in [5.74, 6) is -3.41. The van der Waals surface area contributed by atoms with Gasteiger partial charge in [-0.15, -0.1) is 0 Å². The molecule has 2 aromatic rings. The lowest BCUT2D eigenvalue weighted by Gasteiger charge is -2.17. The molecular weight excluding hydrogens is 372 g/mol. The average Bonchev–Trinajstić information content (AvgIpc) is 2.61. The Kier molecular flexibility index (Phi) is 5.14. The predicted molar refractivity (Wildman–Crippen MR) is 94.8 cm³/mol. The molecule has 0 radical (unpaired) electrons. The molecule has 1 aliphatic rings. The second-order valence-corrected chi connectivity index (χ2v) is 5.63. The number of allylic oxidation sites excluding steroid dienone is 4. The van der Waals surface area contributed by atoms with Crippen LogP contribution in [-0.2, 0) is 0 Å². The fraction of sp³-hybridized carbons (Fsp3) is 0. The van der Waals surface area contributed by atoms with Crippen LogP contribution in [0.25, 0.3) is 11.1 Å². The summed E-state index contributed by atoms with van der Waals surface area (Å²) in [4.78, 5) is 7.25. The van der Waals surface area contributed by atoms with Gasteiger partial charge in [0, 0.05) is 23.3 Å². The van der Waals surface area contributed by atoms with Gasteiger partial charge in [-0.3, -0.25) is 0 Å². The highest BCUT2D eigenvalue weighted by Crippen LogP contribution is 2.30. The highest BCUT2D eigenvalue weighted by Gasteiger charge is 2.22. The first-order valence-corrected chi connectivity index (χ1v) is 7.72. The van der Waals surface area contributed by atoms with Crippen molar-refractivity contribution in [3.05, 3.63) is 82.9 Å². The Morgan fingerprint density at radius 2 is 0.893 bits per heavy atom. The molecule has 2 aromatic carbocycles. The lowest BCUT2D eigenvalue weighted by Crippen LogP contribution is -2.13. The SMILES string of the molecule is N#CN=C1C=C(c2cc(F)cc(F)c2)C(=NC#N)C=C1c1cc(F)cc(F)c1. The molecule has 136 valence electrons. The highest BCUT2D eigenvalue weighted by molar-refractivity contribution is 6.46. The molecule has 0 spiro atoms. The molecular formula is C20H8F4N4. The molecule has 0 saturated carbocycles. The van der Waals surface area contributed by atoms with E-state index in [1.807, 2.05) is 0 Å². The van der Waals surface area contributed by atoms with Crippen LogP contribution in [0, 0.1) is 46.2 Å². The minimum absolute atomic E-state index is 0.0101. The van der Waals surface area contributed by atoms with Gasteiger partial charge in [-0.05, 0) is 47.5 Å². The van der Waals surface area contributed by atoms with Gasteiger partial charge in [0.2, 0.25) is 12.4 Å². The molecule has 3 rings (SSSR count). The quantitative estimate of drug-likeness (QED) is 0.435. The van der Waals surface area contributed by atoms with E-state index in [0.717, 1.165) is 24.3 Å². The van der Waals surface area contributed by atoms with E-state index in [1.165, 1.54) is 12.2 Å². The van der Waals surface area contributed by atoms with E-state index < -0.39 is 23.3 Å². The number of benzene rings is 2. The van der Waals surface area contributed by atoms with Gasteiger partial charge in [-0.1, -0.05) is 0 Å². The van der Waals surface area contributed by atoms with E-state index in [2.05, 4.69) is 9.98 Å². The molecule has 0 aliphatic heterocycles. The molecule has 0 bridgehead atoms. The van der Waals surface area contributed by atoms with Crippen molar-refractivity contribution >= 4 is 22.6 Å². The second kappa shape index (κ2) is 7.68. The molecule has 0 heterocycles. The van der Waals surface area contributed by atoms with Crippen LogP contribution in [0.15, 0.2) is 58.5 Å². The fourth-order valence-electron chi connectivity index (χ4n) is 2.75. The Bertz CT molecular complexity index is 1040. The van der Waals surface area contributed by atoms with E-state index in [9.17, 15) is 17.6 Å². The summed E-state index contributed by atoms with van der Waals surface area (Å²) < 4.78 is 54.5. The van der Waals surface area contributed by atoms with Gasteiger partial charge >= 0.3 is 0 Å². The van der Waals surface area contributed by atoms with Crippen LogP contribution in [0.3, 0.4) is 0 Å². The molecule has 28 heavy (non-hydrogen) atoms. The van der Waals surface area contributed by atoms with Crippen LogP contribution in [-0.4, -0.2) is 11.4 Å². The van der Waals surface area contributed by atoms with Gasteiger partial charge in [0.05, 0.1) is 11.4 Å². The zero-order valence-electron chi connectivity index (χ0n) is 13.9. The average molecular weight is 380 g/mol. The number of rotatable bonds is 2. The standard InChI is InChI=1S/C20H8F4N4/c21-13-1-11(2-14(22)5-13)17-7-20(28-10-26)18(8-19(17)27-9-25)12-3-15(23)6-16(24)4-12/h1-8H. The van der Waals surface area contributed by atoms with E-state index in [0.29, 0.717) is 12.1 Å². The van der Waals surface area contributed by atoms with Crippen molar-refractivity contribution < 1.29 is 17.6 Å². The topological polar surface area (TPSA) is 72.3 Å². The van der Waals surface area contributed by atoms with Crippen LogP contribution in [0.2, 0.25) is 0 Å². The van der Waals surface area contributed by atoms with Crippen LogP contribution in [0.1, 0.15) is 11.1 Å². The summed E-state index contributed by atoms with van der Waals surface area (Å²) in [6.45, 7) is 0. The molecule has 0 fully saturated rings. The van der Waals surface area contributed by atoms with E-state index >= 15 is 0 Å². The summed E-state index contributed by atoms with van der Waals surface area (Å²) in [7, 11) is 0. The summed E-state index contributed by atoms with van der Waals surface area (Å²) >= 11 is 0. The lowest BCUT2D eigenvalue weighted by atomic mass is 9.87. The third-order valence-electron chi connectivity index (χ3n) is 3.80. The van der Waals surface area contributed by atoms with Crippen molar-refractivity contribution in [1.29, 1.82) is 10.5 Å². The molecule has 0 amide bonds. The Hall–Kier alpha value is -4.04. The first-order chi connectivity index (χ1) is 13.4. The predicted octanol–water partition coefficient (Wildman–Crippen LogP) is 4.57. The van der Waals surface area contributed by atoms with Gasteiger partial charge < -0.3 is 0 Å². The maximum atomic E-state index is 13.6. The van der Waals surface area contributed by atoms with Gasteiger partial charge in [0.25, 0.3) is 0 Å². The summed E-state index contributed by atoms with van der Waals surface area (Å²) in [5.41, 5.74) is 0.327. The van der Waals surface area contributed by atoms with E-state index in [4.69, 9.17) is 10.5 Å². The molecule has 4 nitrogen and oxygen atoms in total. The van der Waals surface area contributed by atoms with Gasteiger partial charge in [-0.2, -0.15) is 20.5 Å². The Balaban J connectivity index is 2.23. The smallest absolute Gasteiger partial charge is 0.206 e. The molecule has 0 saturated heterocycles. The Labute approximate surface area is 156 Å². The maximum absolute atomic E-state index is 13.6. The van der Waals surface area contributed by atoms with Gasteiger partial charge in [-0.25, -0.2) is 17.6 Å². The minimum Gasteiger partial charge on any atom is -0.207 e. The van der Waals surface area contributed by atoms with Crippen LogP contribution < -0.4 is 0 Å². The van der Waals surface area contributed by atoms with E-state index in [1.54, 1.807) is 12.4 Å². The number of nitriles is 2. The van der Waals surface area contributed by atoms with Crippen molar-refractivity contribution in [2.75, 3.05) is 0 Å². The summed E-state index contributed by atoms with van der Waals surface area (Å²) in [5, 5.41) is 17.9. The Morgan fingerprint density at radius 3 is 1.18 bits per heavy atom. The van der Waals surface area contributed by atoms with Gasteiger partial charge in [0.1, 0.15) is 23.3 Å². The number of halogens is 4.